The van der Waals surface area contributed by atoms with Crippen LogP contribution in [0.1, 0.15) is 35.1 Å². The average Bonchev–Trinajstić information content (AvgIpc) is 3.18. The zero-order chi connectivity index (χ0) is 24.1. The van der Waals surface area contributed by atoms with E-state index < -0.39 is 29.7 Å². The van der Waals surface area contributed by atoms with Crippen molar-refractivity contribution in [2.24, 2.45) is 0 Å². The van der Waals surface area contributed by atoms with Gasteiger partial charge in [0.2, 0.25) is 0 Å². The van der Waals surface area contributed by atoms with Crippen LogP contribution in [0.15, 0.2) is 36.4 Å². The van der Waals surface area contributed by atoms with Crippen molar-refractivity contribution in [3.63, 3.8) is 0 Å². The van der Waals surface area contributed by atoms with Crippen molar-refractivity contribution in [2.45, 2.75) is 32.0 Å². The van der Waals surface area contributed by atoms with Gasteiger partial charge in [0, 0.05) is 13.1 Å². The standard InChI is InChI=1S/C21H22F2N2OS.C2H2O4/c1-13-11-15(22)19(16(23)12-13)20(26-14-7-9-25(2)10-8-14)21-24-17-5-3-4-6-18(17)27-21;3-1(4)2(5)6/h3-6,11-12,14,20H,7-10H2,1-2H3;(H,3,4)(H,5,6). The molecule has 1 aromatic heterocycles. The molecule has 1 aliphatic rings. The fourth-order valence-electron chi connectivity index (χ4n) is 3.53. The van der Waals surface area contributed by atoms with Crippen molar-refractivity contribution in [2.75, 3.05) is 20.1 Å². The number of piperidine rings is 1. The molecule has 7 nitrogen and oxygen atoms in total. The summed E-state index contributed by atoms with van der Waals surface area (Å²) < 4.78 is 36.8. The van der Waals surface area contributed by atoms with Gasteiger partial charge in [-0.05, 0) is 56.6 Å². The molecular weight excluding hydrogens is 454 g/mol. The molecule has 1 unspecified atom stereocenters. The molecule has 1 aliphatic heterocycles. The normalized spacial score (nSPS) is 15.6. The third kappa shape index (κ3) is 6.31. The first-order valence-electron chi connectivity index (χ1n) is 10.3. The van der Waals surface area contributed by atoms with Gasteiger partial charge in [-0.3, -0.25) is 0 Å². The molecule has 3 aromatic rings. The van der Waals surface area contributed by atoms with Crippen LogP contribution in [-0.2, 0) is 14.3 Å². The van der Waals surface area contributed by atoms with Gasteiger partial charge in [0.15, 0.2) is 0 Å². The highest BCUT2D eigenvalue weighted by Gasteiger charge is 2.30. The molecule has 0 bridgehead atoms. The van der Waals surface area contributed by atoms with Crippen LogP contribution in [0.5, 0.6) is 0 Å². The first-order valence-corrected chi connectivity index (χ1v) is 11.1. The number of aliphatic carboxylic acids is 2. The number of benzene rings is 2. The summed E-state index contributed by atoms with van der Waals surface area (Å²) in [6.07, 6.45) is 0.801. The molecule has 4 rings (SSSR count). The van der Waals surface area contributed by atoms with Crippen LogP contribution in [0.3, 0.4) is 0 Å². The number of hydrogen-bond acceptors (Lipinski definition) is 6. The van der Waals surface area contributed by atoms with E-state index in [4.69, 9.17) is 24.5 Å². The maximum absolute atomic E-state index is 14.8. The number of thiazole rings is 1. The number of halogens is 2. The summed E-state index contributed by atoms with van der Waals surface area (Å²) in [5.41, 5.74) is 1.33. The van der Waals surface area contributed by atoms with Gasteiger partial charge in [-0.1, -0.05) is 12.1 Å². The van der Waals surface area contributed by atoms with Gasteiger partial charge in [0.05, 0.1) is 21.9 Å². The Kier molecular flexibility index (Phi) is 8.06. The highest BCUT2D eigenvalue weighted by atomic mass is 32.1. The Morgan fingerprint density at radius 3 is 2.24 bits per heavy atom. The Bertz CT molecular complexity index is 1080. The number of hydrogen-bond donors (Lipinski definition) is 2. The van der Waals surface area contributed by atoms with E-state index in [1.54, 1.807) is 6.92 Å². The van der Waals surface area contributed by atoms with E-state index >= 15 is 0 Å². The summed E-state index contributed by atoms with van der Waals surface area (Å²) in [7, 11) is 2.07. The Hall–Kier alpha value is -2.95. The van der Waals surface area contributed by atoms with Crippen LogP contribution in [0, 0.1) is 18.6 Å². The zero-order valence-corrected chi connectivity index (χ0v) is 18.9. The second-order valence-electron chi connectivity index (χ2n) is 7.79. The fourth-order valence-corrected chi connectivity index (χ4v) is 4.54. The van der Waals surface area contributed by atoms with Crippen LogP contribution in [0.4, 0.5) is 8.78 Å². The average molecular weight is 479 g/mol. The molecule has 0 spiro atoms. The van der Waals surface area contributed by atoms with Crippen LogP contribution >= 0.6 is 11.3 Å². The van der Waals surface area contributed by atoms with Gasteiger partial charge in [-0.2, -0.15) is 0 Å². The van der Waals surface area contributed by atoms with Gasteiger partial charge in [-0.25, -0.2) is 23.4 Å². The topological polar surface area (TPSA) is 100.0 Å². The molecule has 2 heterocycles. The third-order valence-electron chi connectivity index (χ3n) is 5.20. The van der Waals surface area contributed by atoms with Crippen molar-refractivity contribution in [3.8, 4) is 0 Å². The van der Waals surface area contributed by atoms with Gasteiger partial charge >= 0.3 is 11.9 Å². The number of carboxylic acid groups (broad SMARTS) is 2. The molecule has 33 heavy (non-hydrogen) atoms. The van der Waals surface area contributed by atoms with Gasteiger partial charge < -0.3 is 19.8 Å². The van der Waals surface area contributed by atoms with Crippen molar-refractivity contribution in [3.05, 3.63) is 64.2 Å². The van der Waals surface area contributed by atoms with Crippen LogP contribution in [-0.4, -0.2) is 58.3 Å². The van der Waals surface area contributed by atoms with Crippen LogP contribution in [0.25, 0.3) is 10.2 Å². The lowest BCUT2D eigenvalue weighted by atomic mass is 10.0. The van der Waals surface area contributed by atoms with Crippen molar-refractivity contribution < 1.29 is 33.3 Å². The fraction of sp³-hybridized carbons (Fsp3) is 0.348. The Morgan fingerprint density at radius 2 is 1.70 bits per heavy atom. The monoisotopic (exact) mass is 478 g/mol. The lowest BCUT2D eigenvalue weighted by Crippen LogP contribution is -2.35. The molecule has 0 aliphatic carbocycles. The minimum absolute atomic E-state index is 0.0430. The first kappa shape index (κ1) is 24.7. The molecule has 2 aromatic carbocycles. The van der Waals surface area contributed by atoms with E-state index in [0.29, 0.717) is 10.6 Å². The molecular formula is C23H24F2N2O5S. The number of nitrogens with zero attached hydrogens (tertiary/aromatic N) is 2. The molecule has 0 amide bonds. The molecule has 10 heteroatoms. The molecule has 1 saturated heterocycles. The molecule has 0 saturated carbocycles. The Labute approximate surface area is 193 Å². The van der Waals surface area contributed by atoms with E-state index in [2.05, 4.69) is 16.9 Å². The number of fused-ring (bicyclic) bond motifs is 1. The summed E-state index contributed by atoms with van der Waals surface area (Å²) in [6, 6.07) is 10.4. The predicted molar refractivity (Wildman–Crippen MR) is 119 cm³/mol. The number of carboxylic acids is 2. The van der Waals surface area contributed by atoms with Crippen LogP contribution in [0.2, 0.25) is 0 Å². The minimum atomic E-state index is -1.82. The van der Waals surface area contributed by atoms with Crippen molar-refractivity contribution in [1.29, 1.82) is 0 Å². The van der Waals surface area contributed by atoms with E-state index in [-0.39, 0.29) is 11.7 Å². The minimum Gasteiger partial charge on any atom is -0.473 e. The van der Waals surface area contributed by atoms with E-state index in [1.807, 2.05) is 24.3 Å². The summed E-state index contributed by atoms with van der Waals surface area (Å²) in [5, 5.41) is 15.4. The number of carbonyl (C=O) groups is 2. The number of rotatable bonds is 4. The largest absolute Gasteiger partial charge is 0.473 e. The van der Waals surface area contributed by atoms with Crippen molar-refractivity contribution >= 4 is 33.5 Å². The van der Waals surface area contributed by atoms with E-state index in [1.165, 1.54) is 23.5 Å². The van der Waals surface area contributed by atoms with Crippen LogP contribution < -0.4 is 0 Å². The second kappa shape index (κ2) is 10.8. The smallest absolute Gasteiger partial charge is 0.414 e. The molecule has 0 radical (unpaired) electrons. The number of aromatic nitrogens is 1. The van der Waals surface area contributed by atoms with Gasteiger partial charge in [-0.15, -0.1) is 11.3 Å². The third-order valence-corrected chi connectivity index (χ3v) is 6.28. The molecule has 176 valence electrons. The van der Waals surface area contributed by atoms with Crippen molar-refractivity contribution in [1.82, 2.24) is 9.88 Å². The predicted octanol–water partition coefficient (Wildman–Crippen LogP) is 4.24. The maximum Gasteiger partial charge on any atom is 0.414 e. The van der Waals surface area contributed by atoms with E-state index in [0.717, 1.165) is 36.1 Å². The van der Waals surface area contributed by atoms with E-state index in [9.17, 15) is 8.78 Å². The molecule has 1 fully saturated rings. The summed E-state index contributed by atoms with van der Waals surface area (Å²) in [6.45, 7) is 3.51. The van der Waals surface area contributed by atoms with Gasteiger partial charge in [0.25, 0.3) is 0 Å². The Balaban J connectivity index is 0.000000454. The maximum atomic E-state index is 14.8. The highest BCUT2D eigenvalue weighted by molar-refractivity contribution is 7.18. The second-order valence-corrected chi connectivity index (χ2v) is 8.85. The molecule has 1 atom stereocenters. The summed E-state index contributed by atoms with van der Waals surface area (Å²) in [5.74, 6) is -4.81. The number of ether oxygens (including phenoxy) is 1. The quantitative estimate of drug-likeness (QED) is 0.541. The number of aryl methyl sites for hydroxylation is 1. The lowest BCUT2D eigenvalue weighted by Gasteiger charge is -2.31. The summed E-state index contributed by atoms with van der Waals surface area (Å²) in [4.78, 5) is 25.1. The number of likely N-dealkylation sites (tertiary alicyclic amines) is 1. The molecule has 2 N–H and O–H groups in total. The number of para-hydroxylation sites is 1. The summed E-state index contributed by atoms with van der Waals surface area (Å²) >= 11 is 1.43. The Morgan fingerprint density at radius 1 is 1.12 bits per heavy atom. The lowest BCUT2D eigenvalue weighted by molar-refractivity contribution is -0.159. The zero-order valence-electron chi connectivity index (χ0n) is 18.1. The highest BCUT2D eigenvalue weighted by Crippen LogP contribution is 2.37. The first-order chi connectivity index (χ1) is 15.7. The SMILES string of the molecule is Cc1cc(F)c(C(OC2CCN(C)CC2)c2nc3ccccc3s2)c(F)c1.O=C(O)C(=O)O. The van der Waals surface area contributed by atoms with Gasteiger partial charge in [0.1, 0.15) is 22.7 Å².